The lowest BCUT2D eigenvalue weighted by Crippen LogP contribution is -2.61. The molecular formula is C14H15N5O3S. The molecule has 4 aliphatic heterocycles. The number of hydrogen-bond donors (Lipinski definition) is 3. The fourth-order valence-electron chi connectivity index (χ4n) is 2.99. The van der Waals surface area contributed by atoms with Crippen LogP contribution in [-0.2, 0) is 9.59 Å². The number of carbonyl (C=O) groups excluding carboxylic acids is 1. The van der Waals surface area contributed by atoms with Crippen LogP contribution in [0.5, 0.6) is 0 Å². The Morgan fingerprint density at radius 3 is 3.09 bits per heavy atom. The molecule has 1 fully saturated rings. The van der Waals surface area contributed by atoms with Crippen molar-refractivity contribution in [3.8, 4) is 0 Å². The summed E-state index contributed by atoms with van der Waals surface area (Å²) in [5, 5.41) is 10.6. The lowest BCUT2D eigenvalue weighted by Gasteiger charge is -2.45. The van der Waals surface area contributed by atoms with E-state index in [1.54, 1.807) is 17.4 Å². The first kappa shape index (κ1) is 14.1. The van der Waals surface area contributed by atoms with Crippen molar-refractivity contribution in [1.29, 1.82) is 0 Å². The molecule has 0 saturated carbocycles. The lowest BCUT2D eigenvalue weighted by atomic mass is 9.98. The summed E-state index contributed by atoms with van der Waals surface area (Å²) in [5.74, 6) is -0.0988. The molecule has 0 aromatic carbocycles. The van der Waals surface area contributed by atoms with E-state index in [0.717, 1.165) is 11.4 Å². The van der Waals surface area contributed by atoms with Crippen LogP contribution in [0.4, 0.5) is 0 Å². The molecule has 120 valence electrons. The van der Waals surface area contributed by atoms with Crippen LogP contribution in [0.2, 0.25) is 0 Å². The van der Waals surface area contributed by atoms with E-state index in [9.17, 15) is 9.59 Å². The Bertz CT molecular complexity index is 713. The number of carboxylic acids is 1. The summed E-state index contributed by atoms with van der Waals surface area (Å²) >= 11 is 1.49. The molecule has 0 spiro atoms. The molecule has 23 heavy (non-hydrogen) atoms. The van der Waals surface area contributed by atoms with E-state index in [1.165, 1.54) is 16.7 Å². The highest BCUT2D eigenvalue weighted by Gasteiger charge is 2.53. The van der Waals surface area contributed by atoms with Crippen LogP contribution in [0.1, 0.15) is 0 Å². The predicted octanol–water partition coefficient (Wildman–Crippen LogP) is -0.265. The highest BCUT2D eigenvalue weighted by molar-refractivity contribution is 8.00. The maximum absolute atomic E-state index is 11.9. The molecule has 2 atom stereocenters. The van der Waals surface area contributed by atoms with Gasteiger partial charge in [0.1, 0.15) is 17.0 Å². The monoisotopic (exact) mass is 333 g/mol. The first-order valence-corrected chi connectivity index (χ1v) is 8.14. The minimum atomic E-state index is -1.04. The van der Waals surface area contributed by atoms with Crippen molar-refractivity contribution in [2.24, 2.45) is 11.7 Å². The second-order valence-corrected chi connectivity index (χ2v) is 6.69. The number of nitrogens with zero attached hydrogens (tertiary/aromatic N) is 3. The molecule has 4 N–H and O–H groups in total. The largest absolute Gasteiger partial charge is 0.481 e. The number of fused-ring (bicyclic) bond motifs is 2. The first-order chi connectivity index (χ1) is 11.1. The van der Waals surface area contributed by atoms with E-state index in [2.05, 4.69) is 5.43 Å². The number of nitrogens with two attached hydrogens (primary N) is 1. The molecule has 4 aliphatic rings. The van der Waals surface area contributed by atoms with Gasteiger partial charge in [0.15, 0.2) is 5.92 Å². The zero-order valence-corrected chi connectivity index (χ0v) is 12.9. The van der Waals surface area contributed by atoms with E-state index < -0.39 is 11.9 Å². The summed E-state index contributed by atoms with van der Waals surface area (Å²) in [5.41, 5.74) is 10.1. The van der Waals surface area contributed by atoms with Crippen molar-refractivity contribution in [2.45, 2.75) is 5.37 Å². The van der Waals surface area contributed by atoms with Gasteiger partial charge in [-0.15, -0.1) is 11.8 Å². The third-order valence-electron chi connectivity index (χ3n) is 4.10. The number of amides is 1. The molecule has 0 radical (unpaired) electrons. The summed E-state index contributed by atoms with van der Waals surface area (Å²) in [7, 11) is 0. The van der Waals surface area contributed by atoms with Gasteiger partial charge in [-0.25, -0.2) is 5.01 Å². The minimum absolute atomic E-state index is 0.280. The van der Waals surface area contributed by atoms with Crippen molar-refractivity contribution in [1.82, 2.24) is 20.2 Å². The van der Waals surface area contributed by atoms with Gasteiger partial charge in [-0.05, 0) is 17.7 Å². The Kier molecular flexibility index (Phi) is 3.05. The smallest absolute Gasteiger partial charge is 0.319 e. The topological polar surface area (TPSA) is 102 Å². The normalized spacial score (nSPS) is 28.3. The van der Waals surface area contributed by atoms with Gasteiger partial charge in [0, 0.05) is 30.9 Å². The van der Waals surface area contributed by atoms with Crippen LogP contribution in [0, 0.1) is 5.92 Å². The van der Waals surface area contributed by atoms with Crippen LogP contribution < -0.4 is 11.2 Å². The summed E-state index contributed by atoms with van der Waals surface area (Å²) in [6.45, 7) is 0.597. The molecule has 4 heterocycles. The second kappa shape index (κ2) is 4.98. The number of thioether (sulfide) groups is 1. The molecule has 1 amide bonds. The Balaban J connectivity index is 1.50. The third kappa shape index (κ3) is 2.07. The van der Waals surface area contributed by atoms with Gasteiger partial charge in [-0.2, -0.15) is 0 Å². The van der Waals surface area contributed by atoms with Crippen LogP contribution in [0.15, 0.2) is 48.0 Å². The van der Waals surface area contributed by atoms with E-state index in [0.29, 0.717) is 18.1 Å². The molecule has 0 aromatic rings. The fourth-order valence-corrected chi connectivity index (χ4v) is 4.29. The van der Waals surface area contributed by atoms with Crippen molar-refractivity contribution < 1.29 is 14.7 Å². The van der Waals surface area contributed by atoms with Gasteiger partial charge in [-0.1, -0.05) is 0 Å². The van der Waals surface area contributed by atoms with Crippen molar-refractivity contribution in [3.63, 3.8) is 0 Å². The van der Waals surface area contributed by atoms with Crippen molar-refractivity contribution in [2.75, 3.05) is 12.3 Å². The summed E-state index contributed by atoms with van der Waals surface area (Å²) in [6.07, 6.45) is 9.24. The highest BCUT2D eigenvalue weighted by atomic mass is 32.2. The molecule has 1 saturated heterocycles. The SMILES string of the molecule is NC1=CN(CC2=CN3C(=O)[C@@H](C(=O)O)[C@@H]3SC2)C2=CC=CNN12. The molecule has 9 heteroatoms. The Hall–Kier alpha value is -2.55. The number of nitrogens with one attached hydrogen (secondary N) is 1. The number of carboxylic acid groups (broad SMARTS) is 1. The van der Waals surface area contributed by atoms with E-state index in [1.807, 2.05) is 23.3 Å². The quantitative estimate of drug-likeness (QED) is 0.479. The van der Waals surface area contributed by atoms with Crippen LogP contribution in [-0.4, -0.2) is 49.5 Å². The fraction of sp³-hybridized carbons (Fsp3) is 0.286. The maximum Gasteiger partial charge on any atom is 0.319 e. The average Bonchev–Trinajstić information content (AvgIpc) is 2.84. The zero-order chi connectivity index (χ0) is 16.1. The van der Waals surface area contributed by atoms with Crippen LogP contribution >= 0.6 is 11.8 Å². The van der Waals surface area contributed by atoms with Crippen molar-refractivity contribution >= 4 is 23.6 Å². The minimum Gasteiger partial charge on any atom is -0.481 e. The molecule has 0 bridgehead atoms. The molecule has 0 aromatic heterocycles. The molecule has 0 unspecified atom stereocenters. The Morgan fingerprint density at radius 1 is 1.48 bits per heavy atom. The van der Waals surface area contributed by atoms with Gasteiger partial charge >= 0.3 is 5.97 Å². The summed E-state index contributed by atoms with van der Waals surface area (Å²) in [6, 6.07) is 0. The van der Waals surface area contributed by atoms with Crippen LogP contribution in [0.25, 0.3) is 0 Å². The van der Waals surface area contributed by atoms with Gasteiger partial charge in [0.05, 0.1) is 0 Å². The highest BCUT2D eigenvalue weighted by Crippen LogP contribution is 2.40. The molecule has 8 nitrogen and oxygen atoms in total. The summed E-state index contributed by atoms with van der Waals surface area (Å²) < 4.78 is 0. The Morgan fingerprint density at radius 2 is 2.30 bits per heavy atom. The second-order valence-electron chi connectivity index (χ2n) is 5.58. The van der Waals surface area contributed by atoms with E-state index in [4.69, 9.17) is 10.8 Å². The number of β-lactam (4-membered cyclic amide) rings is 1. The third-order valence-corrected chi connectivity index (χ3v) is 5.47. The number of hydrazine groups is 1. The number of allylic oxidation sites excluding steroid dienone is 2. The van der Waals surface area contributed by atoms with E-state index >= 15 is 0 Å². The molecule has 4 rings (SSSR count). The van der Waals surface area contributed by atoms with Gasteiger partial charge < -0.3 is 20.6 Å². The predicted molar refractivity (Wildman–Crippen MR) is 83.5 cm³/mol. The number of carbonyl (C=O) groups is 2. The zero-order valence-electron chi connectivity index (χ0n) is 12.0. The molecule has 0 aliphatic carbocycles. The maximum atomic E-state index is 11.9. The number of aliphatic carboxylic acids is 1. The van der Waals surface area contributed by atoms with Gasteiger partial charge in [-0.3, -0.25) is 15.0 Å². The number of rotatable bonds is 3. The Labute approximate surface area is 136 Å². The standard InChI is InChI=1S/C14H15N5O3S/c15-9-6-17(10-2-1-3-16-19(9)10)4-8-5-18-12(20)11(14(21)22)13(18)23-7-8/h1-3,5-6,11,13,16H,4,7,15H2,(H,21,22)/t11-,13+/m1/s1. The number of hydrogen-bond acceptors (Lipinski definition) is 7. The molecular weight excluding hydrogens is 318 g/mol. The van der Waals surface area contributed by atoms with Crippen LogP contribution in [0.3, 0.4) is 0 Å². The first-order valence-electron chi connectivity index (χ1n) is 7.09. The van der Waals surface area contributed by atoms with Gasteiger partial charge in [0.2, 0.25) is 5.91 Å². The van der Waals surface area contributed by atoms with E-state index in [-0.39, 0.29) is 11.3 Å². The average molecular weight is 333 g/mol. The van der Waals surface area contributed by atoms with Crippen molar-refractivity contribution in [3.05, 3.63) is 48.0 Å². The lowest BCUT2D eigenvalue weighted by molar-refractivity contribution is -0.161. The van der Waals surface area contributed by atoms with Gasteiger partial charge in [0.25, 0.3) is 0 Å². The summed E-state index contributed by atoms with van der Waals surface area (Å²) in [4.78, 5) is 26.5.